The Morgan fingerprint density at radius 2 is 1.96 bits per heavy atom. The van der Waals surface area contributed by atoms with Crippen LogP contribution in [0.5, 0.6) is 0 Å². The van der Waals surface area contributed by atoms with Crippen molar-refractivity contribution in [3.8, 4) is 0 Å². The quantitative estimate of drug-likeness (QED) is 0.639. The van der Waals surface area contributed by atoms with Crippen molar-refractivity contribution in [2.75, 3.05) is 7.11 Å². The van der Waals surface area contributed by atoms with Gasteiger partial charge in [-0.3, -0.25) is 14.2 Å². The highest BCUT2D eigenvalue weighted by molar-refractivity contribution is 7.20. The lowest BCUT2D eigenvalue weighted by molar-refractivity contribution is -0.141. The van der Waals surface area contributed by atoms with Crippen LogP contribution >= 0.6 is 11.3 Å². The van der Waals surface area contributed by atoms with Gasteiger partial charge in [0, 0.05) is 0 Å². The molecule has 0 saturated heterocycles. The van der Waals surface area contributed by atoms with Crippen LogP contribution in [-0.4, -0.2) is 28.6 Å². The molecule has 134 valence electrons. The van der Waals surface area contributed by atoms with E-state index in [1.54, 1.807) is 6.92 Å². The number of thiophene rings is 1. The maximum atomic E-state index is 12.6. The molecule has 3 rings (SSSR count). The second kappa shape index (κ2) is 7.49. The predicted octanol–water partition coefficient (Wildman–Crippen LogP) is 2.30. The van der Waals surface area contributed by atoms with Crippen molar-refractivity contribution in [3.05, 3.63) is 63.0 Å². The molecule has 0 atom stereocenters. The molecule has 0 saturated carbocycles. The van der Waals surface area contributed by atoms with Gasteiger partial charge in [-0.15, -0.1) is 11.3 Å². The number of fused-ring (bicyclic) bond motifs is 1. The normalized spacial score (nSPS) is 10.7. The van der Waals surface area contributed by atoms with E-state index < -0.39 is 17.5 Å². The molecule has 8 heteroatoms. The molecule has 0 aliphatic heterocycles. The highest BCUT2D eigenvalue weighted by atomic mass is 32.1. The van der Waals surface area contributed by atoms with E-state index >= 15 is 0 Å². The number of carbonyl (C=O) groups excluding carboxylic acids is 2. The molecule has 3 aromatic rings. The molecule has 0 radical (unpaired) electrons. The zero-order chi connectivity index (χ0) is 18.7. The van der Waals surface area contributed by atoms with Crippen LogP contribution in [-0.2, 0) is 27.4 Å². The monoisotopic (exact) mass is 372 g/mol. The Hall–Kier alpha value is -3.00. The van der Waals surface area contributed by atoms with Gasteiger partial charge in [0.2, 0.25) is 0 Å². The van der Waals surface area contributed by atoms with Gasteiger partial charge in [-0.05, 0) is 18.1 Å². The fourth-order valence-electron chi connectivity index (χ4n) is 2.46. The Labute approximate surface area is 152 Å². The number of hydrogen-bond acceptors (Lipinski definition) is 7. The number of methoxy groups -OCH3 is 1. The summed E-state index contributed by atoms with van der Waals surface area (Å²) in [6, 6.07) is 9.33. The van der Waals surface area contributed by atoms with Crippen molar-refractivity contribution < 1.29 is 19.1 Å². The van der Waals surface area contributed by atoms with Crippen molar-refractivity contribution in [1.29, 1.82) is 0 Å². The molecule has 1 aromatic carbocycles. The molecule has 2 aromatic heterocycles. The first-order chi connectivity index (χ1) is 12.5. The van der Waals surface area contributed by atoms with Crippen LogP contribution < -0.4 is 5.56 Å². The van der Waals surface area contributed by atoms with Crippen LogP contribution in [0.15, 0.2) is 41.5 Å². The number of esters is 2. The molecule has 0 aliphatic carbocycles. The molecular weight excluding hydrogens is 356 g/mol. The first-order valence-electron chi connectivity index (χ1n) is 7.77. The summed E-state index contributed by atoms with van der Waals surface area (Å²) in [6.45, 7) is 1.58. The third-order valence-corrected chi connectivity index (χ3v) is 5.02. The van der Waals surface area contributed by atoms with Crippen LogP contribution in [0.1, 0.15) is 20.8 Å². The lowest BCUT2D eigenvalue weighted by Crippen LogP contribution is -2.25. The van der Waals surface area contributed by atoms with E-state index in [-0.39, 0.29) is 13.2 Å². The summed E-state index contributed by atoms with van der Waals surface area (Å²) < 4.78 is 11.1. The van der Waals surface area contributed by atoms with Gasteiger partial charge in [-0.2, -0.15) is 0 Å². The first kappa shape index (κ1) is 17.8. The fraction of sp³-hybridized carbons (Fsp3) is 0.222. The average Bonchev–Trinajstić information content (AvgIpc) is 3.00. The SMILES string of the molecule is COC(=O)Cn1cnc2sc(C(=O)OCc3ccccc3)c(C)c2c1=O. The van der Waals surface area contributed by atoms with E-state index in [9.17, 15) is 14.4 Å². The molecule has 7 nitrogen and oxygen atoms in total. The lowest BCUT2D eigenvalue weighted by Gasteiger charge is -2.04. The summed E-state index contributed by atoms with van der Waals surface area (Å²) in [5.41, 5.74) is 0.981. The summed E-state index contributed by atoms with van der Waals surface area (Å²) in [4.78, 5) is 41.3. The second-order valence-electron chi connectivity index (χ2n) is 5.55. The Morgan fingerprint density at radius 3 is 2.65 bits per heavy atom. The number of benzene rings is 1. The van der Waals surface area contributed by atoms with Gasteiger partial charge >= 0.3 is 11.9 Å². The van der Waals surface area contributed by atoms with Gasteiger partial charge in [0.15, 0.2) is 0 Å². The van der Waals surface area contributed by atoms with Crippen LogP contribution in [0, 0.1) is 6.92 Å². The maximum Gasteiger partial charge on any atom is 0.349 e. The molecule has 26 heavy (non-hydrogen) atoms. The lowest BCUT2D eigenvalue weighted by atomic mass is 10.2. The summed E-state index contributed by atoms with van der Waals surface area (Å²) in [7, 11) is 1.25. The number of nitrogens with zero attached hydrogens (tertiary/aromatic N) is 2. The summed E-state index contributed by atoms with van der Waals surface area (Å²) in [5, 5.41) is 0.313. The number of ether oxygens (including phenoxy) is 2. The van der Waals surface area contributed by atoms with Gasteiger partial charge in [-0.25, -0.2) is 9.78 Å². The van der Waals surface area contributed by atoms with Gasteiger partial charge < -0.3 is 9.47 Å². The van der Waals surface area contributed by atoms with Gasteiger partial charge in [-0.1, -0.05) is 30.3 Å². The molecule has 0 fully saturated rings. The topological polar surface area (TPSA) is 87.5 Å². The molecule has 0 aliphatic rings. The third kappa shape index (κ3) is 3.50. The summed E-state index contributed by atoms with van der Waals surface area (Å²) in [5.74, 6) is -1.06. The number of carbonyl (C=O) groups is 2. The molecule has 0 amide bonds. The molecule has 2 heterocycles. The van der Waals surface area contributed by atoms with E-state index in [1.165, 1.54) is 13.4 Å². The van der Waals surface area contributed by atoms with Gasteiger partial charge in [0.1, 0.15) is 22.9 Å². The van der Waals surface area contributed by atoms with Crippen LogP contribution in [0.3, 0.4) is 0 Å². The Balaban J connectivity index is 1.89. The van der Waals surface area contributed by atoms with Crippen molar-refractivity contribution in [3.63, 3.8) is 0 Å². The second-order valence-corrected chi connectivity index (χ2v) is 6.55. The largest absolute Gasteiger partial charge is 0.468 e. The van der Waals surface area contributed by atoms with E-state index in [4.69, 9.17) is 4.74 Å². The van der Waals surface area contributed by atoms with Crippen molar-refractivity contribution in [2.24, 2.45) is 0 Å². The Morgan fingerprint density at radius 1 is 1.23 bits per heavy atom. The van der Waals surface area contributed by atoms with Crippen molar-refractivity contribution in [2.45, 2.75) is 20.1 Å². The zero-order valence-electron chi connectivity index (χ0n) is 14.2. The van der Waals surface area contributed by atoms with Crippen LogP contribution in [0.25, 0.3) is 10.2 Å². The number of aromatic nitrogens is 2. The maximum absolute atomic E-state index is 12.6. The third-order valence-electron chi connectivity index (χ3n) is 3.84. The molecular formula is C18H16N2O5S. The fourth-order valence-corrected chi connectivity index (χ4v) is 3.49. The predicted molar refractivity (Wildman–Crippen MR) is 96.2 cm³/mol. The minimum absolute atomic E-state index is 0.146. The molecule has 0 unspecified atom stereocenters. The van der Waals surface area contributed by atoms with Gasteiger partial charge in [0.05, 0.1) is 18.8 Å². The molecule has 0 N–H and O–H groups in total. The zero-order valence-corrected chi connectivity index (χ0v) is 15.0. The minimum Gasteiger partial charge on any atom is -0.468 e. The molecule has 0 spiro atoms. The highest BCUT2D eigenvalue weighted by Gasteiger charge is 2.21. The Bertz CT molecular complexity index is 1020. The number of aryl methyl sites for hydroxylation is 1. The summed E-state index contributed by atoms with van der Waals surface area (Å²) >= 11 is 1.10. The van der Waals surface area contributed by atoms with Crippen molar-refractivity contribution in [1.82, 2.24) is 9.55 Å². The van der Waals surface area contributed by atoms with E-state index in [0.29, 0.717) is 20.7 Å². The van der Waals surface area contributed by atoms with E-state index in [1.807, 2.05) is 30.3 Å². The van der Waals surface area contributed by atoms with Crippen LogP contribution in [0.2, 0.25) is 0 Å². The Kier molecular flexibility index (Phi) is 5.13. The standard InChI is InChI=1S/C18H16N2O5S/c1-11-14-16(19-10-20(17(14)22)8-13(21)24-2)26-15(11)18(23)25-9-12-6-4-3-5-7-12/h3-7,10H,8-9H2,1-2H3. The number of rotatable bonds is 5. The van der Waals surface area contributed by atoms with E-state index in [0.717, 1.165) is 21.5 Å². The first-order valence-corrected chi connectivity index (χ1v) is 8.59. The molecule has 0 bridgehead atoms. The van der Waals surface area contributed by atoms with Crippen molar-refractivity contribution >= 4 is 33.5 Å². The highest BCUT2D eigenvalue weighted by Crippen LogP contribution is 2.27. The smallest absolute Gasteiger partial charge is 0.349 e. The number of hydrogen-bond donors (Lipinski definition) is 0. The summed E-state index contributed by atoms with van der Waals surface area (Å²) in [6.07, 6.45) is 1.27. The van der Waals surface area contributed by atoms with Crippen LogP contribution in [0.4, 0.5) is 0 Å². The average molecular weight is 372 g/mol. The van der Waals surface area contributed by atoms with E-state index in [2.05, 4.69) is 9.72 Å². The minimum atomic E-state index is -0.552. The van der Waals surface area contributed by atoms with Gasteiger partial charge in [0.25, 0.3) is 5.56 Å².